The summed E-state index contributed by atoms with van der Waals surface area (Å²) >= 11 is 1.70. The molecule has 0 amide bonds. The molecule has 3 rings (SSSR count). The van der Waals surface area contributed by atoms with Crippen LogP contribution in [-0.4, -0.2) is 29.5 Å². The molecule has 2 fully saturated rings. The Bertz CT molecular complexity index is 366. The molecule has 0 atom stereocenters. The third-order valence-electron chi connectivity index (χ3n) is 3.63. The van der Waals surface area contributed by atoms with E-state index in [0.717, 1.165) is 24.5 Å². The van der Waals surface area contributed by atoms with Crippen molar-refractivity contribution < 1.29 is 4.74 Å². The number of nitrogens with zero attached hydrogens (tertiary/aromatic N) is 2. The summed E-state index contributed by atoms with van der Waals surface area (Å²) in [5, 5.41) is 13.9. The lowest BCUT2D eigenvalue weighted by Gasteiger charge is -2.40. The van der Waals surface area contributed by atoms with Crippen LogP contribution in [0.4, 0.5) is 5.13 Å². The molecule has 2 aliphatic rings. The molecule has 0 spiro atoms. The molecule has 0 aromatic carbocycles. The number of hydrogen-bond acceptors (Lipinski definition) is 5. The van der Waals surface area contributed by atoms with Crippen molar-refractivity contribution in [3.8, 4) is 0 Å². The smallest absolute Gasteiger partial charge is 0.205 e. The van der Waals surface area contributed by atoms with Crippen LogP contribution in [0, 0.1) is 0 Å². The Morgan fingerprint density at radius 1 is 1.44 bits per heavy atom. The number of nitrogens with one attached hydrogen (secondary N) is 1. The van der Waals surface area contributed by atoms with Gasteiger partial charge in [0.2, 0.25) is 5.13 Å². The molecule has 4 nitrogen and oxygen atoms in total. The van der Waals surface area contributed by atoms with E-state index in [0.29, 0.717) is 5.92 Å². The van der Waals surface area contributed by atoms with Gasteiger partial charge in [0, 0.05) is 19.6 Å². The van der Waals surface area contributed by atoms with Crippen LogP contribution in [-0.2, 0) is 4.74 Å². The molecular weight excluding hydrogens is 222 g/mol. The first-order valence-electron chi connectivity index (χ1n) is 5.94. The zero-order valence-corrected chi connectivity index (χ0v) is 10.3. The maximum absolute atomic E-state index is 5.56. The lowest BCUT2D eigenvalue weighted by molar-refractivity contribution is -0.0601. The van der Waals surface area contributed by atoms with E-state index in [1.807, 2.05) is 0 Å². The minimum Gasteiger partial charge on any atom is -0.376 e. The minimum absolute atomic E-state index is 0.0609. The number of aromatic nitrogens is 2. The number of rotatable bonds is 5. The molecule has 88 valence electrons. The molecule has 0 radical (unpaired) electrons. The van der Waals surface area contributed by atoms with Crippen molar-refractivity contribution >= 4 is 16.5 Å². The van der Waals surface area contributed by atoms with E-state index >= 15 is 0 Å². The molecule has 2 saturated carbocycles. The molecule has 2 aliphatic carbocycles. The molecule has 1 aromatic rings. The van der Waals surface area contributed by atoms with Gasteiger partial charge in [-0.15, -0.1) is 10.2 Å². The second-order valence-corrected chi connectivity index (χ2v) is 5.82. The first kappa shape index (κ1) is 10.5. The summed E-state index contributed by atoms with van der Waals surface area (Å²) in [5.41, 5.74) is 0.0609. The van der Waals surface area contributed by atoms with Crippen LogP contribution < -0.4 is 5.32 Å². The first-order chi connectivity index (χ1) is 7.81. The summed E-state index contributed by atoms with van der Waals surface area (Å²) in [6.45, 7) is 0.864. The van der Waals surface area contributed by atoms with Crippen LogP contribution in [0.1, 0.15) is 43.0 Å². The van der Waals surface area contributed by atoms with Gasteiger partial charge in [0.05, 0.1) is 5.60 Å². The second kappa shape index (κ2) is 3.96. The van der Waals surface area contributed by atoms with Crippen LogP contribution in [0.25, 0.3) is 0 Å². The predicted octanol–water partition coefficient (Wildman–Crippen LogP) is 2.40. The third kappa shape index (κ3) is 1.94. The quantitative estimate of drug-likeness (QED) is 0.857. The van der Waals surface area contributed by atoms with Gasteiger partial charge in [-0.3, -0.25) is 0 Å². The minimum atomic E-state index is 0.0609. The molecule has 0 aliphatic heterocycles. The molecule has 1 aromatic heterocycles. The molecule has 1 N–H and O–H groups in total. The largest absolute Gasteiger partial charge is 0.376 e. The first-order valence-corrected chi connectivity index (χ1v) is 6.75. The van der Waals surface area contributed by atoms with Gasteiger partial charge in [-0.2, -0.15) is 0 Å². The maximum atomic E-state index is 5.56. The van der Waals surface area contributed by atoms with E-state index < -0.39 is 0 Å². The SMILES string of the molecule is COC1(CNc2nnc(C3CC3)s2)CCC1. The summed E-state index contributed by atoms with van der Waals surface area (Å²) in [6, 6.07) is 0. The summed E-state index contributed by atoms with van der Waals surface area (Å²) in [6.07, 6.45) is 6.17. The number of ether oxygens (including phenoxy) is 1. The highest BCUT2D eigenvalue weighted by atomic mass is 32.1. The Kier molecular flexibility index (Phi) is 2.59. The molecular formula is C11H17N3OS. The average molecular weight is 239 g/mol. The molecule has 0 unspecified atom stereocenters. The Labute approximate surface area is 99.4 Å². The predicted molar refractivity (Wildman–Crippen MR) is 64.0 cm³/mol. The molecule has 16 heavy (non-hydrogen) atoms. The van der Waals surface area contributed by atoms with E-state index in [9.17, 15) is 0 Å². The van der Waals surface area contributed by atoms with E-state index in [1.54, 1.807) is 18.4 Å². The lowest BCUT2D eigenvalue weighted by Crippen LogP contribution is -2.45. The van der Waals surface area contributed by atoms with Crippen molar-refractivity contribution in [1.29, 1.82) is 0 Å². The van der Waals surface area contributed by atoms with Crippen LogP contribution in [0.2, 0.25) is 0 Å². The van der Waals surface area contributed by atoms with E-state index in [-0.39, 0.29) is 5.60 Å². The van der Waals surface area contributed by atoms with Crippen molar-refractivity contribution in [3.05, 3.63) is 5.01 Å². The fraction of sp³-hybridized carbons (Fsp3) is 0.818. The van der Waals surface area contributed by atoms with E-state index in [4.69, 9.17) is 4.74 Å². The van der Waals surface area contributed by atoms with Gasteiger partial charge in [-0.05, 0) is 32.1 Å². The maximum Gasteiger partial charge on any atom is 0.205 e. The summed E-state index contributed by atoms with van der Waals surface area (Å²) in [7, 11) is 1.80. The van der Waals surface area contributed by atoms with Crippen molar-refractivity contribution in [2.75, 3.05) is 19.0 Å². The highest BCUT2D eigenvalue weighted by molar-refractivity contribution is 7.15. The number of hydrogen-bond donors (Lipinski definition) is 1. The van der Waals surface area contributed by atoms with Gasteiger partial charge in [-0.25, -0.2) is 0 Å². The number of anilines is 1. The third-order valence-corrected chi connectivity index (χ3v) is 4.67. The van der Waals surface area contributed by atoms with Gasteiger partial charge in [0.25, 0.3) is 0 Å². The van der Waals surface area contributed by atoms with Gasteiger partial charge in [0.15, 0.2) is 0 Å². The fourth-order valence-electron chi connectivity index (χ4n) is 2.06. The fourth-order valence-corrected chi connectivity index (χ4v) is 2.97. The van der Waals surface area contributed by atoms with Gasteiger partial charge in [-0.1, -0.05) is 11.3 Å². The van der Waals surface area contributed by atoms with Crippen LogP contribution >= 0.6 is 11.3 Å². The molecule has 0 bridgehead atoms. The highest BCUT2D eigenvalue weighted by Gasteiger charge is 2.37. The zero-order chi connectivity index (χ0) is 11.0. The zero-order valence-electron chi connectivity index (χ0n) is 9.53. The van der Waals surface area contributed by atoms with Crippen molar-refractivity contribution in [3.63, 3.8) is 0 Å². The van der Waals surface area contributed by atoms with Gasteiger partial charge in [0.1, 0.15) is 5.01 Å². The van der Waals surface area contributed by atoms with E-state index in [1.165, 1.54) is 24.3 Å². The topological polar surface area (TPSA) is 47.0 Å². The summed E-state index contributed by atoms with van der Waals surface area (Å²) in [5.74, 6) is 0.702. The molecule has 0 saturated heterocycles. The number of methoxy groups -OCH3 is 1. The van der Waals surface area contributed by atoms with E-state index in [2.05, 4.69) is 15.5 Å². The van der Waals surface area contributed by atoms with Crippen molar-refractivity contribution in [1.82, 2.24) is 10.2 Å². The van der Waals surface area contributed by atoms with Gasteiger partial charge >= 0.3 is 0 Å². The Morgan fingerprint density at radius 3 is 2.81 bits per heavy atom. The summed E-state index contributed by atoms with van der Waals surface area (Å²) in [4.78, 5) is 0. The monoisotopic (exact) mass is 239 g/mol. The normalized spacial score (nSPS) is 22.8. The summed E-state index contributed by atoms with van der Waals surface area (Å²) < 4.78 is 5.56. The Balaban J connectivity index is 1.56. The van der Waals surface area contributed by atoms with Crippen LogP contribution in [0.3, 0.4) is 0 Å². The van der Waals surface area contributed by atoms with Crippen LogP contribution in [0.5, 0.6) is 0 Å². The average Bonchev–Trinajstić information content (AvgIpc) is 2.98. The Hall–Kier alpha value is -0.680. The lowest BCUT2D eigenvalue weighted by atomic mass is 9.80. The van der Waals surface area contributed by atoms with Crippen LogP contribution in [0.15, 0.2) is 0 Å². The standard InChI is InChI=1S/C11H17N3OS/c1-15-11(5-2-6-11)7-12-10-14-13-9(16-10)8-3-4-8/h8H,2-7H2,1H3,(H,12,14). The highest BCUT2D eigenvalue weighted by Crippen LogP contribution is 2.42. The van der Waals surface area contributed by atoms with Gasteiger partial charge < -0.3 is 10.1 Å². The molecule has 1 heterocycles. The van der Waals surface area contributed by atoms with Crippen molar-refractivity contribution in [2.24, 2.45) is 0 Å². The van der Waals surface area contributed by atoms with Crippen molar-refractivity contribution in [2.45, 2.75) is 43.6 Å². The second-order valence-electron chi connectivity index (χ2n) is 4.81. The Morgan fingerprint density at radius 2 is 2.25 bits per heavy atom. The molecule has 5 heteroatoms.